The number of fused-ring (bicyclic) bond motifs is 1. The Hall–Kier alpha value is -1.67. The van der Waals surface area contributed by atoms with Crippen LogP contribution in [0.15, 0.2) is 6.33 Å². The van der Waals surface area contributed by atoms with Crippen molar-refractivity contribution < 1.29 is 0 Å². The zero-order chi connectivity index (χ0) is 12.0. The molecule has 0 unspecified atom stereocenters. The molecule has 0 bridgehead atoms. The molecule has 17 heavy (non-hydrogen) atoms. The SMILES string of the molecule is CCc1c(C#N)c2[nH]cnc(=S)c2n1C1CC1. The summed E-state index contributed by atoms with van der Waals surface area (Å²) in [6, 6.07) is 2.80. The summed E-state index contributed by atoms with van der Waals surface area (Å²) in [6.45, 7) is 2.07. The Balaban J connectivity index is 2.50. The summed E-state index contributed by atoms with van der Waals surface area (Å²) in [6.07, 6.45) is 4.76. The Kier molecular flexibility index (Phi) is 2.26. The molecule has 1 saturated carbocycles. The van der Waals surface area contributed by atoms with Crippen LogP contribution in [0.2, 0.25) is 0 Å². The lowest BCUT2D eigenvalue weighted by atomic mass is 10.2. The molecular formula is C12H12N4S. The summed E-state index contributed by atoms with van der Waals surface area (Å²) in [4.78, 5) is 7.20. The van der Waals surface area contributed by atoms with Crippen LogP contribution in [0.4, 0.5) is 0 Å². The van der Waals surface area contributed by atoms with Gasteiger partial charge in [0, 0.05) is 11.7 Å². The van der Waals surface area contributed by atoms with E-state index in [2.05, 4.69) is 27.5 Å². The number of H-pyrrole nitrogens is 1. The maximum atomic E-state index is 9.32. The van der Waals surface area contributed by atoms with Gasteiger partial charge < -0.3 is 9.55 Å². The third kappa shape index (κ3) is 1.41. The summed E-state index contributed by atoms with van der Waals surface area (Å²) in [7, 11) is 0. The number of hydrogen-bond acceptors (Lipinski definition) is 3. The molecule has 0 aliphatic heterocycles. The van der Waals surface area contributed by atoms with Crippen molar-refractivity contribution in [3.8, 4) is 6.07 Å². The van der Waals surface area contributed by atoms with E-state index in [0.29, 0.717) is 10.7 Å². The van der Waals surface area contributed by atoms with Crippen LogP contribution in [0.5, 0.6) is 0 Å². The Morgan fingerprint density at radius 1 is 1.65 bits per heavy atom. The summed E-state index contributed by atoms with van der Waals surface area (Å²) in [5, 5.41) is 9.32. The summed E-state index contributed by atoms with van der Waals surface area (Å²) < 4.78 is 2.81. The fraction of sp³-hybridized carbons (Fsp3) is 0.417. The van der Waals surface area contributed by atoms with Crippen molar-refractivity contribution in [1.29, 1.82) is 5.26 Å². The van der Waals surface area contributed by atoms with E-state index in [4.69, 9.17) is 12.2 Å². The summed E-state index contributed by atoms with van der Waals surface area (Å²) >= 11 is 5.30. The highest BCUT2D eigenvalue weighted by molar-refractivity contribution is 7.71. The lowest BCUT2D eigenvalue weighted by Crippen LogP contribution is -2.00. The Morgan fingerprint density at radius 2 is 2.41 bits per heavy atom. The maximum Gasteiger partial charge on any atom is 0.153 e. The molecule has 0 saturated heterocycles. The third-order valence-corrected chi connectivity index (χ3v) is 3.56. The Bertz CT molecular complexity index is 685. The first-order valence-corrected chi connectivity index (χ1v) is 6.19. The topological polar surface area (TPSA) is 57.4 Å². The molecule has 1 fully saturated rings. The van der Waals surface area contributed by atoms with E-state index in [1.54, 1.807) is 6.33 Å². The fourth-order valence-corrected chi connectivity index (χ4v) is 2.66. The van der Waals surface area contributed by atoms with Crippen LogP contribution in [0.1, 0.15) is 37.1 Å². The number of nitrogens with one attached hydrogen (secondary N) is 1. The van der Waals surface area contributed by atoms with Gasteiger partial charge in [0.25, 0.3) is 0 Å². The second-order valence-corrected chi connectivity index (χ2v) is 4.71. The molecule has 0 amide bonds. The molecule has 1 N–H and O–H groups in total. The Labute approximate surface area is 104 Å². The van der Waals surface area contributed by atoms with E-state index in [-0.39, 0.29) is 0 Å². The van der Waals surface area contributed by atoms with Crippen molar-refractivity contribution >= 4 is 23.3 Å². The first-order chi connectivity index (χ1) is 8.27. The quantitative estimate of drug-likeness (QED) is 0.826. The monoisotopic (exact) mass is 244 g/mol. The van der Waals surface area contributed by atoms with E-state index in [0.717, 1.165) is 28.7 Å². The molecule has 0 radical (unpaired) electrons. The van der Waals surface area contributed by atoms with E-state index in [1.165, 1.54) is 12.8 Å². The van der Waals surface area contributed by atoms with Gasteiger partial charge in [-0.1, -0.05) is 19.1 Å². The van der Waals surface area contributed by atoms with E-state index >= 15 is 0 Å². The fourth-order valence-electron chi connectivity index (χ4n) is 2.41. The van der Waals surface area contributed by atoms with Crippen molar-refractivity contribution in [3.05, 3.63) is 22.2 Å². The van der Waals surface area contributed by atoms with Gasteiger partial charge >= 0.3 is 0 Å². The van der Waals surface area contributed by atoms with Gasteiger partial charge in [0.05, 0.1) is 17.4 Å². The molecule has 2 heterocycles. The lowest BCUT2D eigenvalue weighted by molar-refractivity contribution is 0.723. The molecular weight excluding hydrogens is 232 g/mol. The highest BCUT2D eigenvalue weighted by Gasteiger charge is 2.30. The highest BCUT2D eigenvalue weighted by Crippen LogP contribution is 2.40. The standard InChI is InChI=1S/C12H12N4S/c1-2-9-8(5-13)10-11(12(17)15-6-14-10)16(9)7-3-4-7/h6-7H,2-4H2,1H3,(H,14,15,17). The van der Waals surface area contributed by atoms with E-state index in [1.807, 2.05) is 0 Å². The van der Waals surface area contributed by atoms with Crippen molar-refractivity contribution in [2.45, 2.75) is 32.2 Å². The van der Waals surface area contributed by atoms with Crippen LogP contribution < -0.4 is 0 Å². The van der Waals surface area contributed by atoms with E-state index in [9.17, 15) is 5.26 Å². The molecule has 3 rings (SSSR count). The van der Waals surface area contributed by atoms with Gasteiger partial charge in [-0.25, -0.2) is 4.98 Å². The Morgan fingerprint density at radius 3 is 3.00 bits per heavy atom. The molecule has 1 aliphatic rings. The molecule has 4 nitrogen and oxygen atoms in total. The van der Waals surface area contributed by atoms with E-state index < -0.39 is 0 Å². The molecule has 2 aromatic heterocycles. The normalized spacial score (nSPS) is 15.1. The molecule has 0 spiro atoms. The van der Waals surface area contributed by atoms with Crippen LogP contribution in [0.25, 0.3) is 11.0 Å². The molecule has 1 aliphatic carbocycles. The summed E-state index contributed by atoms with van der Waals surface area (Å²) in [5.41, 5.74) is 3.58. The van der Waals surface area contributed by atoms with Gasteiger partial charge in [0.15, 0.2) is 4.64 Å². The minimum atomic E-state index is 0.508. The lowest BCUT2D eigenvalue weighted by Gasteiger charge is -2.06. The second kappa shape index (κ2) is 3.67. The van der Waals surface area contributed by atoms with Crippen molar-refractivity contribution in [2.75, 3.05) is 0 Å². The predicted molar refractivity (Wildman–Crippen MR) is 67.3 cm³/mol. The largest absolute Gasteiger partial charge is 0.343 e. The number of rotatable bonds is 2. The van der Waals surface area contributed by atoms with Gasteiger partial charge in [0.2, 0.25) is 0 Å². The van der Waals surface area contributed by atoms with Gasteiger partial charge in [-0.05, 0) is 19.3 Å². The molecule has 86 valence electrons. The third-order valence-electron chi connectivity index (χ3n) is 3.26. The zero-order valence-corrected chi connectivity index (χ0v) is 10.3. The molecule has 0 atom stereocenters. The molecule has 0 aromatic carbocycles. The van der Waals surface area contributed by atoms with Gasteiger partial charge in [0.1, 0.15) is 11.6 Å². The first-order valence-electron chi connectivity index (χ1n) is 5.78. The van der Waals surface area contributed by atoms with Crippen molar-refractivity contribution in [1.82, 2.24) is 14.5 Å². The zero-order valence-electron chi connectivity index (χ0n) is 9.53. The van der Waals surface area contributed by atoms with Crippen LogP contribution in [-0.4, -0.2) is 14.5 Å². The average Bonchev–Trinajstić information content (AvgIpc) is 3.11. The molecule has 2 aromatic rings. The van der Waals surface area contributed by atoms with Crippen molar-refractivity contribution in [2.24, 2.45) is 0 Å². The van der Waals surface area contributed by atoms with Crippen LogP contribution in [0.3, 0.4) is 0 Å². The number of nitrogens with zero attached hydrogens (tertiary/aromatic N) is 3. The number of hydrogen-bond donors (Lipinski definition) is 1. The van der Waals surface area contributed by atoms with Crippen LogP contribution in [-0.2, 0) is 6.42 Å². The van der Waals surface area contributed by atoms with Gasteiger partial charge in [-0.3, -0.25) is 0 Å². The smallest absolute Gasteiger partial charge is 0.153 e. The highest BCUT2D eigenvalue weighted by atomic mass is 32.1. The first kappa shape index (κ1) is 10.5. The maximum absolute atomic E-state index is 9.32. The summed E-state index contributed by atoms with van der Waals surface area (Å²) in [5.74, 6) is 0. The van der Waals surface area contributed by atoms with Crippen LogP contribution in [0, 0.1) is 16.0 Å². The predicted octanol–water partition coefficient (Wildman–Crippen LogP) is 2.86. The number of aromatic amines is 1. The average molecular weight is 244 g/mol. The second-order valence-electron chi connectivity index (χ2n) is 4.32. The van der Waals surface area contributed by atoms with Gasteiger partial charge in [-0.2, -0.15) is 5.26 Å². The minimum Gasteiger partial charge on any atom is -0.343 e. The van der Waals surface area contributed by atoms with Gasteiger partial charge in [-0.15, -0.1) is 0 Å². The van der Waals surface area contributed by atoms with Crippen molar-refractivity contribution in [3.63, 3.8) is 0 Å². The molecule has 5 heteroatoms. The number of nitriles is 1. The van der Waals surface area contributed by atoms with Crippen LogP contribution >= 0.6 is 12.2 Å². The minimum absolute atomic E-state index is 0.508. The number of aromatic nitrogens is 3.